The van der Waals surface area contributed by atoms with Gasteiger partial charge in [-0.3, -0.25) is 0 Å². The number of allylic oxidation sites excluding steroid dienone is 8. The zero-order valence-corrected chi connectivity index (χ0v) is 37.4. The summed E-state index contributed by atoms with van der Waals surface area (Å²) in [6.45, 7) is 0. The molecule has 0 N–H and O–H groups in total. The normalized spacial score (nSPS) is 14.6. The van der Waals surface area contributed by atoms with Gasteiger partial charge in [0.15, 0.2) is 17.5 Å². The van der Waals surface area contributed by atoms with E-state index < -0.39 is 0 Å². The summed E-state index contributed by atoms with van der Waals surface area (Å²) in [7, 11) is 0. The molecule has 322 valence electrons. The molecular weight excluding hydrogens is 827 g/mol. The number of rotatable bonds is 8. The number of hydrogen-bond donors (Lipinski definition) is 0. The molecule has 0 radical (unpaired) electrons. The smallest absolute Gasteiger partial charge is 0.166 e. The van der Waals surface area contributed by atoms with Crippen molar-refractivity contribution in [1.29, 1.82) is 0 Å². The van der Waals surface area contributed by atoms with Crippen LogP contribution in [0.4, 0.5) is 0 Å². The molecule has 2 aliphatic rings. The molecule has 0 fully saturated rings. The van der Waals surface area contributed by atoms with Crippen LogP contribution in [-0.4, -0.2) is 24.1 Å². The molecular formula is C63H45N5. The molecule has 0 aliphatic heterocycles. The zero-order valence-electron chi connectivity index (χ0n) is 37.4. The molecule has 11 aromatic rings. The summed E-state index contributed by atoms with van der Waals surface area (Å²) in [4.78, 5) is 17.1. The molecule has 0 spiro atoms. The topological polar surface area (TPSA) is 48.5 Å². The monoisotopic (exact) mass is 871 g/mol. The van der Waals surface area contributed by atoms with Gasteiger partial charge in [0.25, 0.3) is 0 Å². The predicted octanol–water partition coefficient (Wildman–Crippen LogP) is 16.1. The first-order valence-electron chi connectivity index (χ1n) is 23.6. The summed E-state index contributed by atoms with van der Waals surface area (Å²) in [5, 5.41) is 4.80. The van der Waals surface area contributed by atoms with Crippen LogP contribution in [0.15, 0.2) is 231 Å². The van der Waals surface area contributed by atoms with Crippen molar-refractivity contribution in [3.05, 3.63) is 242 Å². The molecule has 5 heteroatoms. The fourth-order valence-electron chi connectivity index (χ4n) is 10.7. The quantitative estimate of drug-likeness (QED) is 0.153. The summed E-state index contributed by atoms with van der Waals surface area (Å²) >= 11 is 0. The minimum atomic E-state index is 0.103. The Morgan fingerprint density at radius 2 is 0.941 bits per heavy atom. The Morgan fingerprint density at radius 1 is 0.412 bits per heavy atom. The number of nitrogens with zero attached hydrogens (tertiary/aromatic N) is 5. The van der Waals surface area contributed by atoms with E-state index in [0.717, 1.165) is 91.7 Å². The van der Waals surface area contributed by atoms with Gasteiger partial charge in [-0.05, 0) is 89.6 Å². The fraction of sp³-hybridized carbons (Fsp3) is 0.0635. The first-order chi connectivity index (χ1) is 33.8. The van der Waals surface area contributed by atoms with E-state index in [1.54, 1.807) is 0 Å². The van der Waals surface area contributed by atoms with Crippen LogP contribution in [0, 0.1) is 0 Å². The van der Waals surface area contributed by atoms with E-state index >= 15 is 0 Å². The third kappa shape index (κ3) is 6.66. The second-order valence-corrected chi connectivity index (χ2v) is 17.7. The lowest BCUT2D eigenvalue weighted by Gasteiger charge is -2.23. The standard InChI is InChI=1S/C63H45N5/c1-4-21-42(22-5-1)45-27-18-28-46(41-45)61-64-62(59-47(43-23-6-2-7-24-43)33-19-39-57(59)67-53-35-14-10-29-49(53)50-30-11-15-36-54(50)67)66-63(65-61)60-48(44-25-8-3-9-26-44)34-20-40-58(60)68-55-37-16-12-31-51(55)52-32-13-17-38-56(52)68/h1-2,4-8,10-23,25-41,43H,3,9,24H2. The van der Waals surface area contributed by atoms with Crippen LogP contribution < -0.4 is 0 Å². The SMILES string of the molecule is C1=CCC(c2cccc(-n3c4ccccc4c4ccccc43)c2-c2nc(-c3cccc(-c4ccccc4)c3)nc(-c3c(C4=CCCC=C4)cccc3-n3c4ccccc4c4ccccc43)n2)C=C1. The summed E-state index contributed by atoms with van der Waals surface area (Å²) in [6, 6.07) is 67.5. The van der Waals surface area contributed by atoms with Gasteiger partial charge in [0.1, 0.15) is 0 Å². The molecule has 0 amide bonds. The van der Waals surface area contributed by atoms with E-state index in [1.165, 1.54) is 27.1 Å². The lowest BCUT2D eigenvalue weighted by Crippen LogP contribution is -2.10. The largest absolute Gasteiger partial charge is 0.308 e. The van der Waals surface area contributed by atoms with Gasteiger partial charge in [0.2, 0.25) is 0 Å². The van der Waals surface area contributed by atoms with E-state index in [1.807, 2.05) is 0 Å². The van der Waals surface area contributed by atoms with Crippen molar-refractivity contribution in [2.75, 3.05) is 0 Å². The van der Waals surface area contributed by atoms with Crippen LogP contribution in [0.2, 0.25) is 0 Å². The van der Waals surface area contributed by atoms with Crippen LogP contribution in [0.3, 0.4) is 0 Å². The highest BCUT2D eigenvalue weighted by molar-refractivity contribution is 6.11. The Balaban J connectivity index is 1.16. The molecule has 8 aromatic carbocycles. The van der Waals surface area contributed by atoms with Crippen LogP contribution in [0.1, 0.15) is 36.3 Å². The van der Waals surface area contributed by atoms with Gasteiger partial charge in [-0.15, -0.1) is 0 Å². The van der Waals surface area contributed by atoms with Crippen molar-refractivity contribution in [3.8, 4) is 56.7 Å². The van der Waals surface area contributed by atoms with E-state index in [-0.39, 0.29) is 5.92 Å². The molecule has 0 bridgehead atoms. The summed E-state index contributed by atoms with van der Waals surface area (Å²) in [5.41, 5.74) is 15.1. The Hall–Kier alpha value is -8.67. The maximum atomic E-state index is 5.81. The third-order valence-electron chi connectivity index (χ3n) is 13.8. The highest BCUT2D eigenvalue weighted by Crippen LogP contribution is 2.44. The van der Waals surface area contributed by atoms with Crippen molar-refractivity contribution in [3.63, 3.8) is 0 Å². The maximum absolute atomic E-state index is 5.81. The van der Waals surface area contributed by atoms with Crippen LogP contribution in [0.5, 0.6) is 0 Å². The third-order valence-corrected chi connectivity index (χ3v) is 13.8. The predicted molar refractivity (Wildman–Crippen MR) is 282 cm³/mol. The first kappa shape index (κ1) is 39.7. The second kappa shape index (κ2) is 16.6. The van der Waals surface area contributed by atoms with Crippen molar-refractivity contribution in [2.45, 2.75) is 25.2 Å². The van der Waals surface area contributed by atoms with Gasteiger partial charge in [-0.25, -0.2) is 15.0 Å². The van der Waals surface area contributed by atoms with Crippen LogP contribution in [0.25, 0.3) is 106 Å². The number of para-hydroxylation sites is 4. The maximum Gasteiger partial charge on any atom is 0.166 e. The lowest BCUT2D eigenvalue weighted by atomic mass is 9.87. The summed E-state index contributed by atoms with van der Waals surface area (Å²) in [5.74, 6) is 1.96. The van der Waals surface area contributed by atoms with Gasteiger partial charge >= 0.3 is 0 Å². The average molecular weight is 872 g/mol. The molecule has 3 heterocycles. The summed E-state index contributed by atoms with van der Waals surface area (Å²) < 4.78 is 4.83. The minimum Gasteiger partial charge on any atom is -0.308 e. The summed E-state index contributed by atoms with van der Waals surface area (Å²) in [6.07, 6.45) is 18.6. The molecule has 0 saturated carbocycles. The highest BCUT2D eigenvalue weighted by atomic mass is 15.1. The van der Waals surface area contributed by atoms with Gasteiger partial charge in [0, 0.05) is 38.6 Å². The molecule has 68 heavy (non-hydrogen) atoms. The number of aromatic nitrogens is 5. The van der Waals surface area contributed by atoms with Gasteiger partial charge in [-0.1, -0.05) is 188 Å². The number of hydrogen-bond acceptors (Lipinski definition) is 3. The second-order valence-electron chi connectivity index (χ2n) is 17.7. The average Bonchev–Trinajstić information content (AvgIpc) is 3.94. The molecule has 13 rings (SSSR count). The van der Waals surface area contributed by atoms with E-state index in [0.29, 0.717) is 17.5 Å². The van der Waals surface area contributed by atoms with Gasteiger partial charge in [-0.2, -0.15) is 0 Å². The fourth-order valence-corrected chi connectivity index (χ4v) is 10.7. The van der Waals surface area contributed by atoms with Crippen molar-refractivity contribution < 1.29 is 0 Å². The molecule has 1 unspecified atom stereocenters. The number of fused-ring (bicyclic) bond motifs is 6. The molecule has 0 saturated heterocycles. The van der Waals surface area contributed by atoms with E-state index in [9.17, 15) is 0 Å². The molecule has 2 aliphatic carbocycles. The Labute approximate surface area is 395 Å². The zero-order chi connectivity index (χ0) is 45.0. The van der Waals surface area contributed by atoms with Gasteiger partial charge in [0.05, 0.1) is 39.0 Å². The van der Waals surface area contributed by atoms with E-state index in [2.05, 4.69) is 240 Å². The van der Waals surface area contributed by atoms with Crippen molar-refractivity contribution in [1.82, 2.24) is 24.1 Å². The highest BCUT2D eigenvalue weighted by Gasteiger charge is 2.27. The Kier molecular flexibility index (Phi) is 9.71. The Morgan fingerprint density at radius 3 is 1.54 bits per heavy atom. The number of benzene rings is 8. The Bertz CT molecular complexity index is 3790. The first-order valence-corrected chi connectivity index (χ1v) is 23.6. The van der Waals surface area contributed by atoms with Crippen molar-refractivity contribution in [2.24, 2.45) is 0 Å². The van der Waals surface area contributed by atoms with Gasteiger partial charge < -0.3 is 9.13 Å². The van der Waals surface area contributed by atoms with Crippen LogP contribution >= 0.6 is 0 Å². The van der Waals surface area contributed by atoms with E-state index in [4.69, 9.17) is 15.0 Å². The molecule has 3 aromatic heterocycles. The minimum absolute atomic E-state index is 0.103. The van der Waals surface area contributed by atoms with Crippen molar-refractivity contribution >= 4 is 49.2 Å². The lowest BCUT2D eigenvalue weighted by molar-refractivity contribution is 0.851. The molecule has 5 nitrogen and oxygen atoms in total. The van der Waals surface area contributed by atoms with Crippen LogP contribution in [-0.2, 0) is 0 Å². The molecule has 1 atom stereocenters.